The maximum atomic E-state index is 12.0. The number of fused-ring (bicyclic) bond motifs is 2. The first-order valence-corrected chi connectivity index (χ1v) is 6.44. The zero-order valence-electron chi connectivity index (χ0n) is 11.5. The molecule has 0 aliphatic heterocycles. The number of ether oxygens (including phenoxy) is 1. The van der Waals surface area contributed by atoms with Crippen LogP contribution in [-0.4, -0.2) is 32.5 Å². The van der Waals surface area contributed by atoms with E-state index >= 15 is 0 Å². The minimum absolute atomic E-state index is 0.0983. The molecule has 0 aliphatic carbocycles. The van der Waals surface area contributed by atoms with E-state index < -0.39 is 11.5 Å². The van der Waals surface area contributed by atoms with Crippen molar-refractivity contribution in [2.45, 2.75) is 13.8 Å². The van der Waals surface area contributed by atoms with Crippen LogP contribution in [0.1, 0.15) is 23.1 Å². The summed E-state index contributed by atoms with van der Waals surface area (Å²) in [6, 6.07) is 5.50. The van der Waals surface area contributed by atoms with Crippen LogP contribution < -0.4 is 5.56 Å². The molecule has 0 fully saturated rings. The Morgan fingerprint density at radius 3 is 2.81 bits per heavy atom. The first-order valence-electron chi connectivity index (χ1n) is 6.44. The fourth-order valence-corrected chi connectivity index (χ4v) is 2.04. The van der Waals surface area contributed by atoms with E-state index in [9.17, 15) is 9.59 Å². The van der Waals surface area contributed by atoms with Crippen molar-refractivity contribution in [3.63, 3.8) is 0 Å². The molecule has 21 heavy (non-hydrogen) atoms. The molecule has 7 nitrogen and oxygen atoms in total. The Kier molecular flexibility index (Phi) is 3.09. The summed E-state index contributed by atoms with van der Waals surface area (Å²) in [6.45, 7) is 3.76. The monoisotopic (exact) mass is 284 g/mol. The summed E-state index contributed by atoms with van der Waals surface area (Å²) in [5, 5.41) is 0. The molecular formula is C14H12N4O3. The zero-order valence-corrected chi connectivity index (χ0v) is 11.5. The lowest BCUT2D eigenvalue weighted by Gasteiger charge is -2.04. The minimum Gasteiger partial charge on any atom is -0.460 e. The van der Waals surface area contributed by atoms with Crippen LogP contribution in [-0.2, 0) is 4.74 Å². The molecule has 0 saturated carbocycles. The van der Waals surface area contributed by atoms with Crippen LogP contribution in [0.4, 0.5) is 0 Å². The van der Waals surface area contributed by atoms with Gasteiger partial charge >= 0.3 is 5.97 Å². The summed E-state index contributed by atoms with van der Waals surface area (Å²) >= 11 is 0. The molecule has 2 heterocycles. The number of hydrogen-bond acceptors (Lipinski definition) is 6. The second kappa shape index (κ2) is 4.93. The second-order valence-corrected chi connectivity index (χ2v) is 4.47. The largest absolute Gasteiger partial charge is 0.460 e. The zero-order chi connectivity index (χ0) is 15.0. The quantitative estimate of drug-likeness (QED) is 0.563. The van der Waals surface area contributed by atoms with Crippen LogP contribution in [0, 0.1) is 6.92 Å². The molecule has 7 heteroatoms. The van der Waals surface area contributed by atoms with Crippen LogP contribution in [0.5, 0.6) is 0 Å². The number of hydrogen-bond donors (Lipinski definition) is 1. The highest BCUT2D eigenvalue weighted by Crippen LogP contribution is 2.16. The summed E-state index contributed by atoms with van der Waals surface area (Å²) in [5.74, 6) is -0.861. The van der Waals surface area contributed by atoms with E-state index in [-0.39, 0.29) is 23.6 Å². The highest BCUT2D eigenvalue weighted by molar-refractivity contribution is 5.89. The Morgan fingerprint density at radius 1 is 1.24 bits per heavy atom. The maximum Gasteiger partial charge on any atom is 0.374 e. The number of carbonyl (C=O) groups is 1. The third-order valence-electron chi connectivity index (χ3n) is 3.01. The molecular weight excluding hydrogens is 272 g/mol. The smallest absolute Gasteiger partial charge is 0.374 e. The lowest BCUT2D eigenvalue weighted by molar-refractivity contribution is 0.0512. The standard InChI is InChI=1S/C14H12N4O3/c1-3-21-14(20)12-17-11-10(13(19)18-12)15-8-6-4-5-7(2)9(8)16-11/h4-6H,3H2,1-2H3,(H,16,17,18,19). The molecule has 106 valence electrons. The number of carbonyl (C=O) groups excluding carboxylic acids is 1. The highest BCUT2D eigenvalue weighted by Gasteiger charge is 2.15. The van der Waals surface area contributed by atoms with Crippen molar-refractivity contribution in [3.8, 4) is 0 Å². The molecule has 1 N–H and O–H groups in total. The third kappa shape index (κ3) is 2.22. The number of aromatic nitrogens is 4. The van der Waals surface area contributed by atoms with Crippen LogP contribution in [0.25, 0.3) is 22.2 Å². The van der Waals surface area contributed by atoms with Gasteiger partial charge in [-0.1, -0.05) is 12.1 Å². The highest BCUT2D eigenvalue weighted by atomic mass is 16.5. The first kappa shape index (κ1) is 13.2. The van der Waals surface area contributed by atoms with E-state index in [4.69, 9.17) is 4.74 Å². The Balaban J connectivity index is 2.31. The predicted octanol–water partition coefficient (Wildman–Crippen LogP) is 1.35. The number of aromatic amines is 1. The number of aryl methyl sites for hydroxylation is 1. The number of rotatable bonds is 2. The number of H-pyrrole nitrogens is 1. The average Bonchev–Trinajstić information content (AvgIpc) is 2.47. The number of para-hydroxylation sites is 1. The number of benzene rings is 1. The van der Waals surface area contributed by atoms with Crippen molar-refractivity contribution in [3.05, 3.63) is 39.9 Å². The van der Waals surface area contributed by atoms with Gasteiger partial charge in [0.05, 0.1) is 17.6 Å². The molecule has 0 bridgehead atoms. The molecule has 0 radical (unpaired) electrons. The summed E-state index contributed by atoms with van der Waals surface area (Å²) in [7, 11) is 0. The second-order valence-electron chi connectivity index (χ2n) is 4.47. The van der Waals surface area contributed by atoms with E-state index in [1.165, 1.54) is 0 Å². The molecule has 0 amide bonds. The fourth-order valence-electron chi connectivity index (χ4n) is 2.04. The van der Waals surface area contributed by atoms with E-state index in [2.05, 4.69) is 19.9 Å². The predicted molar refractivity (Wildman–Crippen MR) is 76.2 cm³/mol. The maximum absolute atomic E-state index is 12.0. The van der Waals surface area contributed by atoms with E-state index in [1.807, 2.05) is 19.1 Å². The van der Waals surface area contributed by atoms with Crippen molar-refractivity contribution < 1.29 is 9.53 Å². The van der Waals surface area contributed by atoms with Crippen molar-refractivity contribution in [1.82, 2.24) is 19.9 Å². The first-order chi connectivity index (χ1) is 10.1. The number of esters is 1. The molecule has 0 spiro atoms. The van der Waals surface area contributed by atoms with Gasteiger partial charge < -0.3 is 4.74 Å². The lowest BCUT2D eigenvalue weighted by atomic mass is 10.2. The normalized spacial score (nSPS) is 11.0. The van der Waals surface area contributed by atoms with Gasteiger partial charge in [0.1, 0.15) is 0 Å². The molecule has 1 aromatic carbocycles. The van der Waals surface area contributed by atoms with Crippen LogP contribution in [0.15, 0.2) is 23.0 Å². The SMILES string of the molecule is CCOC(=O)c1nc2nc3c(C)cccc3nc2c(=O)[nH]1. The minimum atomic E-state index is -0.691. The van der Waals surface area contributed by atoms with E-state index in [1.54, 1.807) is 13.0 Å². The molecule has 0 aliphatic rings. The van der Waals surface area contributed by atoms with Gasteiger partial charge in [0.15, 0.2) is 11.2 Å². The van der Waals surface area contributed by atoms with Gasteiger partial charge in [-0.25, -0.2) is 19.7 Å². The van der Waals surface area contributed by atoms with Crippen LogP contribution in [0.2, 0.25) is 0 Å². The summed E-state index contributed by atoms with van der Waals surface area (Å²) < 4.78 is 4.82. The van der Waals surface area contributed by atoms with Gasteiger partial charge in [-0.15, -0.1) is 0 Å². The van der Waals surface area contributed by atoms with Gasteiger partial charge in [0.25, 0.3) is 5.56 Å². The molecule has 0 atom stereocenters. The van der Waals surface area contributed by atoms with Crippen LogP contribution in [0.3, 0.4) is 0 Å². The average molecular weight is 284 g/mol. The Hall–Kier alpha value is -2.83. The van der Waals surface area contributed by atoms with Gasteiger partial charge in [-0.3, -0.25) is 9.78 Å². The van der Waals surface area contributed by atoms with Crippen molar-refractivity contribution in [2.24, 2.45) is 0 Å². The lowest BCUT2D eigenvalue weighted by Crippen LogP contribution is -2.19. The van der Waals surface area contributed by atoms with Crippen LogP contribution >= 0.6 is 0 Å². The van der Waals surface area contributed by atoms with Crippen molar-refractivity contribution >= 4 is 28.2 Å². The van der Waals surface area contributed by atoms with Gasteiger partial charge in [-0.2, -0.15) is 0 Å². The van der Waals surface area contributed by atoms with E-state index in [0.29, 0.717) is 11.0 Å². The van der Waals surface area contributed by atoms with Crippen molar-refractivity contribution in [2.75, 3.05) is 6.61 Å². The Bertz CT molecular complexity index is 917. The fraction of sp³-hybridized carbons (Fsp3) is 0.214. The topological polar surface area (TPSA) is 97.8 Å². The van der Waals surface area contributed by atoms with Gasteiger partial charge in [-0.05, 0) is 25.5 Å². The third-order valence-corrected chi connectivity index (χ3v) is 3.01. The molecule has 0 saturated heterocycles. The summed E-state index contributed by atoms with van der Waals surface area (Å²) in [4.78, 5) is 38.7. The van der Waals surface area contributed by atoms with E-state index in [0.717, 1.165) is 5.56 Å². The summed E-state index contributed by atoms with van der Waals surface area (Å²) in [5.41, 5.74) is 1.89. The molecule has 3 rings (SSSR count). The van der Waals surface area contributed by atoms with Crippen molar-refractivity contribution in [1.29, 1.82) is 0 Å². The Morgan fingerprint density at radius 2 is 2.05 bits per heavy atom. The van der Waals surface area contributed by atoms with Gasteiger partial charge in [0.2, 0.25) is 5.82 Å². The molecule has 2 aromatic heterocycles. The molecule has 0 unspecified atom stereocenters. The number of nitrogens with zero attached hydrogens (tertiary/aromatic N) is 3. The van der Waals surface area contributed by atoms with Gasteiger partial charge in [0, 0.05) is 0 Å². The number of nitrogens with one attached hydrogen (secondary N) is 1. The summed E-state index contributed by atoms with van der Waals surface area (Å²) in [6.07, 6.45) is 0. The molecule has 3 aromatic rings. The Labute approximate surface area is 119 Å².